The fourth-order valence-corrected chi connectivity index (χ4v) is 4.04. The first-order valence-electron chi connectivity index (χ1n) is 11.1. The number of aromatic amines is 1. The van der Waals surface area contributed by atoms with Gasteiger partial charge in [0.15, 0.2) is 11.5 Å². The van der Waals surface area contributed by atoms with Crippen LogP contribution in [0.15, 0.2) is 79.3 Å². The molecule has 1 amide bonds. The van der Waals surface area contributed by atoms with Crippen molar-refractivity contribution in [2.45, 2.75) is 6.18 Å². The summed E-state index contributed by atoms with van der Waals surface area (Å²) in [5.74, 6) is 0.449. The Morgan fingerprint density at radius 1 is 1.05 bits per heavy atom. The number of fused-ring (bicyclic) bond motifs is 1. The second-order valence-corrected chi connectivity index (χ2v) is 8.47. The first-order valence-corrected chi connectivity index (χ1v) is 11.5. The topological polar surface area (TPSA) is 96.0 Å². The minimum absolute atomic E-state index is 0.00393. The highest BCUT2D eigenvalue weighted by molar-refractivity contribution is 6.34. The molecule has 2 heterocycles. The van der Waals surface area contributed by atoms with Crippen molar-refractivity contribution in [1.29, 1.82) is 0 Å². The van der Waals surface area contributed by atoms with Gasteiger partial charge in [-0.3, -0.25) is 14.8 Å². The number of hydrogen-bond acceptors (Lipinski definition) is 6. The predicted octanol–water partition coefficient (Wildman–Crippen LogP) is 6.76. The molecule has 0 atom stereocenters. The van der Waals surface area contributed by atoms with Gasteiger partial charge in [-0.05, 0) is 60.7 Å². The number of halogens is 4. The van der Waals surface area contributed by atoms with E-state index in [1.54, 1.807) is 42.5 Å². The van der Waals surface area contributed by atoms with Crippen LogP contribution < -0.4 is 15.0 Å². The lowest BCUT2D eigenvalue weighted by molar-refractivity contribution is -0.137. The summed E-state index contributed by atoms with van der Waals surface area (Å²) in [5, 5.41) is 10.3. The summed E-state index contributed by atoms with van der Waals surface area (Å²) in [6, 6.07) is 16.0. The van der Waals surface area contributed by atoms with Gasteiger partial charge in [0.1, 0.15) is 12.1 Å². The zero-order valence-electron chi connectivity index (χ0n) is 19.6. The average Bonchev–Trinajstić information content (AvgIpc) is 3.40. The molecule has 0 saturated carbocycles. The van der Waals surface area contributed by atoms with Crippen LogP contribution in [0.3, 0.4) is 0 Å². The van der Waals surface area contributed by atoms with Crippen molar-refractivity contribution in [3.63, 3.8) is 0 Å². The Balaban J connectivity index is 1.58. The van der Waals surface area contributed by atoms with E-state index in [9.17, 15) is 18.0 Å². The lowest BCUT2D eigenvalue weighted by Crippen LogP contribution is -2.16. The molecule has 5 aromatic rings. The maximum atomic E-state index is 13.1. The van der Waals surface area contributed by atoms with Gasteiger partial charge in [0.2, 0.25) is 0 Å². The largest absolute Gasteiger partial charge is 0.497 e. The molecule has 0 radical (unpaired) electrons. The molecule has 12 heteroatoms. The molecule has 2 N–H and O–H groups in total. The molecule has 5 rings (SSSR count). The normalized spacial score (nSPS) is 11.4. The summed E-state index contributed by atoms with van der Waals surface area (Å²) < 4.78 is 44.6. The van der Waals surface area contributed by atoms with E-state index in [1.807, 2.05) is 0 Å². The van der Waals surface area contributed by atoms with E-state index >= 15 is 0 Å². The third-order valence-electron chi connectivity index (χ3n) is 5.67. The molecule has 0 saturated heterocycles. The highest BCUT2D eigenvalue weighted by atomic mass is 35.5. The van der Waals surface area contributed by atoms with E-state index in [-0.39, 0.29) is 11.3 Å². The Morgan fingerprint density at radius 3 is 2.58 bits per heavy atom. The molecular weight excluding hydrogens is 521 g/mol. The SMILES string of the molecule is COc1ccc(N(c2cc(C(=O)Nc3cccc(C(F)(F)F)c3)ccc2Cl)c2ncnc3[nH]ncc23)cc1. The molecule has 8 nitrogen and oxygen atoms in total. The summed E-state index contributed by atoms with van der Waals surface area (Å²) in [7, 11) is 1.55. The summed E-state index contributed by atoms with van der Waals surface area (Å²) in [4.78, 5) is 23.4. The number of aromatic nitrogens is 4. The number of amides is 1. The van der Waals surface area contributed by atoms with E-state index in [0.717, 1.165) is 12.1 Å². The minimum atomic E-state index is -4.54. The van der Waals surface area contributed by atoms with Crippen LogP contribution in [0.2, 0.25) is 5.02 Å². The molecule has 0 aliphatic carbocycles. The fraction of sp³-hybridized carbons (Fsp3) is 0.0769. The third kappa shape index (κ3) is 4.96. The van der Waals surface area contributed by atoms with Crippen molar-refractivity contribution >= 4 is 51.4 Å². The molecule has 0 aliphatic heterocycles. The number of benzene rings is 3. The average molecular weight is 539 g/mol. The first kappa shape index (κ1) is 25.0. The number of nitrogens with zero attached hydrogens (tertiary/aromatic N) is 4. The zero-order chi connectivity index (χ0) is 26.9. The number of alkyl halides is 3. The Bertz CT molecular complexity index is 1620. The maximum absolute atomic E-state index is 13.1. The molecule has 38 heavy (non-hydrogen) atoms. The molecule has 0 aliphatic rings. The quantitative estimate of drug-likeness (QED) is 0.248. The first-order chi connectivity index (χ1) is 18.2. The molecule has 2 aromatic heterocycles. The van der Waals surface area contributed by atoms with Crippen LogP contribution in [0.4, 0.5) is 36.1 Å². The van der Waals surface area contributed by atoms with Crippen molar-refractivity contribution in [3.8, 4) is 5.75 Å². The van der Waals surface area contributed by atoms with Gasteiger partial charge in [0.05, 0.1) is 35.0 Å². The van der Waals surface area contributed by atoms with Crippen LogP contribution >= 0.6 is 11.6 Å². The molecule has 0 unspecified atom stereocenters. The number of methoxy groups -OCH3 is 1. The van der Waals surface area contributed by atoms with Gasteiger partial charge in [0.25, 0.3) is 5.91 Å². The van der Waals surface area contributed by atoms with Crippen LogP contribution in [0.1, 0.15) is 15.9 Å². The smallest absolute Gasteiger partial charge is 0.416 e. The number of anilines is 4. The second-order valence-electron chi connectivity index (χ2n) is 8.06. The summed E-state index contributed by atoms with van der Waals surface area (Å²) in [6.07, 6.45) is -1.60. The number of H-pyrrole nitrogens is 1. The molecule has 0 spiro atoms. The van der Waals surface area contributed by atoms with Crippen molar-refractivity contribution in [1.82, 2.24) is 20.2 Å². The van der Waals surface area contributed by atoms with E-state index in [4.69, 9.17) is 16.3 Å². The van der Waals surface area contributed by atoms with Crippen LogP contribution in [-0.4, -0.2) is 33.2 Å². The van der Waals surface area contributed by atoms with E-state index < -0.39 is 17.6 Å². The minimum Gasteiger partial charge on any atom is -0.497 e. The van der Waals surface area contributed by atoms with Gasteiger partial charge in [-0.25, -0.2) is 9.97 Å². The van der Waals surface area contributed by atoms with Gasteiger partial charge < -0.3 is 10.1 Å². The molecule has 3 aromatic carbocycles. The van der Waals surface area contributed by atoms with Gasteiger partial charge in [0, 0.05) is 16.9 Å². The fourth-order valence-electron chi connectivity index (χ4n) is 3.84. The standard InChI is InChI=1S/C26H18ClF3N6O2/c1-38-19-8-6-18(7-9-19)36(24-20-13-33-35-23(20)31-14-32-24)22-11-15(5-10-21(22)27)25(37)34-17-4-2-3-16(12-17)26(28,29)30/h2-14H,1H3,(H,34,37)(H,31,32,33,35). The van der Waals surface area contributed by atoms with Crippen molar-refractivity contribution in [2.24, 2.45) is 0 Å². The highest BCUT2D eigenvalue weighted by Crippen LogP contribution is 2.41. The number of hydrogen-bond donors (Lipinski definition) is 2. The second kappa shape index (κ2) is 10.0. The van der Waals surface area contributed by atoms with Crippen molar-refractivity contribution < 1.29 is 22.7 Å². The summed E-state index contributed by atoms with van der Waals surface area (Å²) in [5.41, 5.74) is 0.829. The highest BCUT2D eigenvalue weighted by Gasteiger charge is 2.30. The van der Waals surface area contributed by atoms with Gasteiger partial charge in [-0.15, -0.1) is 0 Å². The lowest BCUT2D eigenvalue weighted by atomic mass is 10.1. The molecule has 0 fully saturated rings. The molecule has 192 valence electrons. The molecular formula is C26H18ClF3N6O2. The number of carbonyl (C=O) groups excluding carboxylic acids is 1. The van der Waals surface area contributed by atoms with E-state index in [1.165, 1.54) is 36.7 Å². The van der Waals surface area contributed by atoms with E-state index in [2.05, 4.69) is 25.5 Å². The van der Waals surface area contributed by atoms with Crippen LogP contribution in [0, 0.1) is 0 Å². The van der Waals surface area contributed by atoms with Crippen LogP contribution in [0.5, 0.6) is 5.75 Å². The van der Waals surface area contributed by atoms with Gasteiger partial charge in [-0.2, -0.15) is 18.3 Å². The maximum Gasteiger partial charge on any atom is 0.416 e. The summed E-state index contributed by atoms with van der Waals surface area (Å²) >= 11 is 6.62. The lowest BCUT2D eigenvalue weighted by Gasteiger charge is -2.26. The van der Waals surface area contributed by atoms with Crippen molar-refractivity contribution in [2.75, 3.05) is 17.3 Å². The number of rotatable bonds is 6. The van der Waals surface area contributed by atoms with Crippen LogP contribution in [0.25, 0.3) is 11.0 Å². The Labute approximate surface area is 219 Å². The summed E-state index contributed by atoms with van der Waals surface area (Å²) in [6.45, 7) is 0. The van der Waals surface area contributed by atoms with Gasteiger partial charge in [-0.1, -0.05) is 17.7 Å². The van der Waals surface area contributed by atoms with E-state index in [0.29, 0.717) is 39.0 Å². The monoisotopic (exact) mass is 538 g/mol. The number of nitrogens with one attached hydrogen (secondary N) is 2. The number of carbonyl (C=O) groups is 1. The Hall–Kier alpha value is -4.64. The van der Waals surface area contributed by atoms with Gasteiger partial charge >= 0.3 is 6.18 Å². The van der Waals surface area contributed by atoms with Crippen molar-refractivity contribution in [3.05, 3.63) is 95.4 Å². The molecule has 0 bridgehead atoms. The van der Waals surface area contributed by atoms with Crippen LogP contribution in [-0.2, 0) is 6.18 Å². The zero-order valence-corrected chi connectivity index (χ0v) is 20.4. The predicted molar refractivity (Wildman–Crippen MR) is 137 cm³/mol. The third-order valence-corrected chi connectivity index (χ3v) is 5.99. The Kier molecular flexibility index (Phi) is 6.60. The number of ether oxygens (including phenoxy) is 1. The Morgan fingerprint density at radius 2 is 1.84 bits per heavy atom.